The van der Waals surface area contributed by atoms with Crippen LogP contribution in [0.25, 0.3) is 0 Å². The summed E-state index contributed by atoms with van der Waals surface area (Å²) in [5.74, 6) is -0.438. The van der Waals surface area contributed by atoms with Crippen molar-refractivity contribution in [2.24, 2.45) is 0 Å². The molecular weight excluding hydrogens is 250 g/mol. The molecular formula is C12H17N3O4. The number of nitrogens with one attached hydrogen (secondary N) is 2. The second kappa shape index (κ2) is 5.40. The van der Waals surface area contributed by atoms with Crippen molar-refractivity contribution in [3.63, 3.8) is 0 Å². The molecule has 0 bridgehead atoms. The monoisotopic (exact) mass is 267 g/mol. The lowest BCUT2D eigenvalue weighted by atomic mass is 9.85. The number of carbonyl (C=O) groups is 1. The summed E-state index contributed by atoms with van der Waals surface area (Å²) >= 11 is 0. The summed E-state index contributed by atoms with van der Waals surface area (Å²) in [6.45, 7) is 0.179. The van der Waals surface area contributed by atoms with Crippen LogP contribution >= 0.6 is 0 Å². The molecule has 1 aliphatic carbocycles. The molecule has 0 spiro atoms. The molecule has 19 heavy (non-hydrogen) atoms. The van der Waals surface area contributed by atoms with E-state index in [1.165, 1.54) is 12.3 Å². The summed E-state index contributed by atoms with van der Waals surface area (Å²) in [5, 5.41) is 23.4. The highest BCUT2D eigenvalue weighted by Gasteiger charge is 2.29. The van der Waals surface area contributed by atoms with E-state index >= 15 is 0 Å². The first-order valence-electron chi connectivity index (χ1n) is 6.34. The van der Waals surface area contributed by atoms with Gasteiger partial charge in [0, 0.05) is 12.6 Å². The van der Waals surface area contributed by atoms with E-state index in [-0.39, 0.29) is 17.9 Å². The van der Waals surface area contributed by atoms with Crippen molar-refractivity contribution < 1.29 is 14.8 Å². The molecule has 7 heteroatoms. The predicted octanol–water partition coefficient (Wildman–Crippen LogP) is 1.35. The van der Waals surface area contributed by atoms with Crippen molar-refractivity contribution in [1.82, 2.24) is 10.3 Å². The van der Waals surface area contributed by atoms with Gasteiger partial charge in [-0.15, -0.1) is 0 Å². The minimum Gasteiger partial charge on any atom is -0.388 e. The van der Waals surface area contributed by atoms with Gasteiger partial charge in [0.1, 0.15) is 5.69 Å². The van der Waals surface area contributed by atoms with E-state index in [4.69, 9.17) is 0 Å². The first-order valence-corrected chi connectivity index (χ1v) is 6.34. The minimum atomic E-state index is -0.841. The minimum absolute atomic E-state index is 0.131. The standard InChI is InChI=1S/C12H17N3O4/c16-11(10-6-9(7-13-10)15(18)19)14-8-12(17)4-2-1-3-5-12/h6-7,13,17H,1-5,8H2,(H,14,16). The van der Waals surface area contributed by atoms with E-state index in [9.17, 15) is 20.0 Å². The Bertz CT molecular complexity index is 477. The molecule has 1 amide bonds. The summed E-state index contributed by atoms with van der Waals surface area (Å²) in [7, 11) is 0. The number of nitro groups is 1. The van der Waals surface area contributed by atoms with Gasteiger partial charge < -0.3 is 15.4 Å². The molecule has 0 aliphatic heterocycles. The van der Waals surface area contributed by atoms with Crippen LogP contribution in [0.3, 0.4) is 0 Å². The first kappa shape index (κ1) is 13.5. The zero-order valence-electron chi connectivity index (χ0n) is 10.5. The highest BCUT2D eigenvalue weighted by Crippen LogP contribution is 2.27. The van der Waals surface area contributed by atoms with Gasteiger partial charge in [-0.05, 0) is 12.8 Å². The van der Waals surface area contributed by atoms with Crippen LogP contribution < -0.4 is 5.32 Å². The summed E-state index contributed by atoms with van der Waals surface area (Å²) in [6.07, 6.45) is 5.56. The Balaban J connectivity index is 1.91. The van der Waals surface area contributed by atoms with Crippen LogP contribution in [0.5, 0.6) is 0 Å². The lowest BCUT2D eigenvalue weighted by Gasteiger charge is -2.31. The number of aliphatic hydroxyl groups is 1. The number of aromatic amines is 1. The quantitative estimate of drug-likeness (QED) is 0.565. The third kappa shape index (κ3) is 3.31. The Morgan fingerprint density at radius 2 is 2.16 bits per heavy atom. The molecule has 1 aromatic heterocycles. The molecule has 0 radical (unpaired) electrons. The van der Waals surface area contributed by atoms with Gasteiger partial charge in [0.2, 0.25) is 0 Å². The Morgan fingerprint density at radius 3 is 2.74 bits per heavy atom. The zero-order valence-corrected chi connectivity index (χ0v) is 10.5. The summed E-state index contributed by atoms with van der Waals surface area (Å²) in [4.78, 5) is 24.3. The van der Waals surface area contributed by atoms with Crippen molar-refractivity contribution in [1.29, 1.82) is 0 Å². The molecule has 1 aromatic rings. The summed E-state index contributed by atoms with van der Waals surface area (Å²) in [5.41, 5.74) is -0.862. The van der Waals surface area contributed by atoms with Crippen LogP contribution in [0.15, 0.2) is 12.3 Å². The van der Waals surface area contributed by atoms with E-state index in [0.29, 0.717) is 12.8 Å². The molecule has 0 aromatic carbocycles. The summed E-state index contributed by atoms with van der Waals surface area (Å²) in [6, 6.07) is 1.18. The smallest absolute Gasteiger partial charge is 0.287 e. The number of rotatable bonds is 4. The number of carbonyl (C=O) groups excluding carboxylic acids is 1. The molecule has 104 valence electrons. The van der Waals surface area contributed by atoms with Gasteiger partial charge >= 0.3 is 0 Å². The van der Waals surface area contributed by atoms with Crippen LogP contribution in [0.4, 0.5) is 5.69 Å². The van der Waals surface area contributed by atoms with Crippen LogP contribution in [-0.4, -0.2) is 33.1 Å². The fourth-order valence-corrected chi connectivity index (χ4v) is 2.35. The van der Waals surface area contributed by atoms with Gasteiger partial charge in [-0.2, -0.15) is 0 Å². The van der Waals surface area contributed by atoms with Crippen LogP contribution in [0, 0.1) is 10.1 Å². The Kier molecular flexibility index (Phi) is 3.84. The molecule has 0 atom stereocenters. The van der Waals surface area contributed by atoms with Crippen molar-refractivity contribution in [2.45, 2.75) is 37.7 Å². The highest BCUT2D eigenvalue weighted by molar-refractivity contribution is 5.93. The Morgan fingerprint density at radius 1 is 1.47 bits per heavy atom. The third-order valence-electron chi connectivity index (χ3n) is 3.49. The molecule has 1 heterocycles. The second-order valence-corrected chi connectivity index (χ2v) is 5.00. The fourth-order valence-electron chi connectivity index (χ4n) is 2.35. The number of aromatic nitrogens is 1. The third-order valence-corrected chi connectivity index (χ3v) is 3.49. The van der Waals surface area contributed by atoms with E-state index in [2.05, 4.69) is 10.3 Å². The summed E-state index contributed by atoms with van der Waals surface area (Å²) < 4.78 is 0. The van der Waals surface area contributed by atoms with E-state index in [1.807, 2.05) is 0 Å². The lowest BCUT2D eigenvalue weighted by Crippen LogP contribution is -2.44. The number of amides is 1. The number of nitrogens with zero attached hydrogens (tertiary/aromatic N) is 1. The maximum Gasteiger partial charge on any atom is 0.287 e. The van der Waals surface area contributed by atoms with Crippen molar-refractivity contribution in [2.75, 3.05) is 6.54 Å². The number of H-pyrrole nitrogens is 1. The molecule has 7 nitrogen and oxygen atoms in total. The molecule has 1 fully saturated rings. The van der Waals surface area contributed by atoms with E-state index < -0.39 is 16.4 Å². The molecule has 1 saturated carbocycles. The maximum absolute atomic E-state index is 11.8. The normalized spacial score (nSPS) is 17.9. The Hall–Kier alpha value is -1.89. The molecule has 0 unspecified atom stereocenters. The Labute approximate surface area is 110 Å². The molecule has 3 N–H and O–H groups in total. The highest BCUT2D eigenvalue weighted by atomic mass is 16.6. The van der Waals surface area contributed by atoms with Gasteiger partial charge in [0.05, 0.1) is 16.7 Å². The predicted molar refractivity (Wildman–Crippen MR) is 67.8 cm³/mol. The first-order chi connectivity index (χ1) is 9.00. The van der Waals surface area contributed by atoms with Crippen LogP contribution in [-0.2, 0) is 0 Å². The van der Waals surface area contributed by atoms with Gasteiger partial charge in [-0.1, -0.05) is 19.3 Å². The van der Waals surface area contributed by atoms with Crippen molar-refractivity contribution in [3.05, 3.63) is 28.1 Å². The van der Waals surface area contributed by atoms with Gasteiger partial charge in [0.15, 0.2) is 0 Å². The van der Waals surface area contributed by atoms with Gasteiger partial charge in [0.25, 0.3) is 11.6 Å². The zero-order chi connectivity index (χ0) is 13.9. The SMILES string of the molecule is O=C(NCC1(O)CCCCC1)c1cc([N+](=O)[O-])c[nH]1. The van der Waals surface area contributed by atoms with Crippen molar-refractivity contribution >= 4 is 11.6 Å². The molecule has 1 aliphatic rings. The van der Waals surface area contributed by atoms with Gasteiger partial charge in [-0.25, -0.2) is 0 Å². The second-order valence-electron chi connectivity index (χ2n) is 5.00. The van der Waals surface area contributed by atoms with E-state index in [1.54, 1.807) is 0 Å². The van der Waals surface area contributed by atoms with Gasteiger partial charge in [-0.3, -0.25) is 14.9 Å². The lowest BCUT2D eigenvalue weighted by molar-refractivity contribution is -0.384. The molecule has 0 saturated heterocycles. The number of hydrogen-bond acceptors (Lipinski definition) is 4. The van der Waals surface area contributed by atoms with Crippen LogP contribution in [0.1, 0.15) is 42.6 Å². The average Bonchev–Trinajstić information content (AvgIpc) is 2.87. The average molecular weight is 267 g/mol. The number of hydrogen-bond donors (Lipinski definition) is 3. The van der Waals surface area contributed by atoms with E-state index in [0.717, 1.165) is 19.3 Å². The van der Waals surface area contributed by atoms with Crippen LogP contribution in [0.2, 0.25) is 0 Å². The molecule has 2 rings (SSSR count). The maximum atomic E-state index is 11.8. The topological polar surface area (TPSA) is 108 Å². The van der Waals surface area contributed by atoms with Crippen molar-refractivity contribution in [3.8, 4) is 0 Å². The fraction of sp³-hybridized carbons (Fsp3) is 0.583. The largest absolute Gasteiger partial charge is 0.388 e.